The van der Waals surface area contributed by atoms with E-state index in [-0.39, 0.29) is 0 Å². The van der Waals surface area contributed by atoms with Crippen molar-refractivity contribution in [2.75, 3.05) is 32.1 Å². The minimum absolute atomic E-state index is 0.457. The van der Waals surface area contributed by atoms with E-state index < -0.39 is 0 Å². The van der Waals surface area contributed by atoms with Gasteiger partial charge >= 0.3 is 0 Å². The summed E-state index contributed by atoms with van der Waals surface area (Å²) in [6, 6.07) is 11.1. The Kier molecular flexibility index (Phi) is 4.32. The van der Waals surface area contributed by atoms with E-state index in [1.807, 2.05) is 6.07 Å². The molecule has 0 unspecified atom stereocenters. The molecule has 0 radical (unpaired) electrons. The summed E-state index contributed by atoms with van der Waals surface area (Å²) >= 11 is 6.02. The van der Waals surface area contributed by atoms with Crippen molar-refractivity contribution in [3.63, 3.8) is 0 Å². The molecule has 0 amide bonds. The highest BCUT2D eigenvalue weighted by Gasteiger charge is 2.22. The molecule has 1 fully saturated rings. The van der Waals surface area contributed by atoms with Gasteiger partial charge in [0, 0.05) is 24.2 Å². The van der Waals surface area contributed by atoms with Gasteiger partial charge in [-0.15, -0.1) is 11.6 Å². The molecule has 0 spiro atoms. The molecule has 0 bridgehead atoms. The lowest BCUT2D eigenvalue weighted by Gasteiger charge is -2.37. The second-order valence-corrected chi connectivity index (χ2v) is 6.20. The van der Waals surface area contributed by atoms with Gasteiger partial charge in [-0.3, -0.25) is 4.98 Å². The van der Waals surface area contributed by atoms with Gasteiger partial charge in [-0.25, -0.2) is 0 Å². The molecule has 1 aliphatic heterocycles. The van der Waals surface area contributed by atoms with Crippen LogP contribution in [0.2, 0.25) is 0 Å². The van der Waals surface area contributed by atoms with Crippen LogP contribution in [-0.4, -0.2) is 43.1 Å². The van der Waals surface area contributed by atoms with E-state index in [2.05, 4.69) is 53.1 Å². The zero-order chi connectivity index (χ0) is 14.8. The molecular weight excluding hydrogens is 282 g/mol. The minimum atomic E-state index is 0.457. The van der Waals surface area contributed by atoms with Crippen LogP contribution in [0.3, 0.4) is 0 Å². The summed E-state index contributed by atoms with van der Waals surface area (Å²) < 4.78 is 0. The Balaban J connectivity index is 1.98. The number of anilines is 1. The molecule has 1 aromatic heterocycles. The van der Waals surface area contributed by atoms with Crippen molar-refractivity contribution >= 4 is 28.2 Å². The molecule has 1 aromatic carbocycles. The quantitative estimate of drug-likeness (QED) is 0.809. The van der Waals surface area contributed by atoms with Gasteiger partial charge in [-0.05, 0) is 45.1 Å². The van der Waals surface area contributed by atoms with E-state index in [0.717, 1.165) is 11.2 Å². The van der Waals surface area contributed by atoms with Crippen LogP contribution in [0.1, 0.15) is 18.5 Å². The summed E-state index contributed by atoms with van der Waals surface area (Å²) in [6.07, 6.45) is 2.42. The molecule has 1 aliphatic rings. The summed E-state index contributed by atoms with van der Waals surface area (Å²) in [5.74, 6) is 0.457. The third-order valence-electron chi connectivity index (χ3n) is 4.50. The van der Waals surface area contributed by atoms with E-state index >= 15 is 0 Å². The predicted molar refractivity (Wildman–Crippen MR) is 90.2 cm³/mol. The molecule has 21 heavy (non-hydrogen) atoms. The highest BCUT2D eigenvalue weighted by molar-refractivity contribution is 6.17. The molecule has 0 N–H and O–H groups in total. The number of pyridine rings is 1. The number of hydrogen-bond donors (Lipinski definition) is 0. The number of para-hydroxylation sites is 1. The standard InChI is InChI=1S/C17H22ClN3/c1-20-9-7-14(8-10-20)21(2)17-11-13(12-18)19-16-6-4-3-5-15(16)17/h3-6,11,14H,7-10,12H2,1-2H3. The lowest BCUT2D eigenvalue weighted by atomic mass is 10.0. The first-order chi connectivity index (χ1) is 10.2. The number of rotatable bonds is 3. The fourth-order valence-electron chi connectivity index (χ4n) is 3.15. The molecule has 1 saturated heterocycles. The van der Waals surface area contributed by atoms with Crippen LogP contribution in [0.4, 0.5) is 5.69 Å². The van der Waals surface area contributed by atoms with Crippen LogP contribution >= 0.6 is 11.6 Å². The Morgan fingerprint density at radius 2 is 2.00 bits per heavy atom. The second-order valence-electron chi connectivity index (χ2n) is 5.93. The van der Waals surface area contributed by atoms with E-state index in [4.69, 9.17) is 11.6 Å². The molecule has 2 aromatic rings. The molecule has 0 atom stereocenters. The lowest BCUT2D eigenvalue weighted by molar-refractivity contribution is 0.253. The normalized spacial score (nSPS) is 17.3. The van der Waals surface area contributed by atoms with Gasteiger partial charge in [0.1, 0.15) is 0 Å². The van der Waals surface area contributed by atoms with Crippen molar-refractivity contribution in [2.24, 2.45) is 0 Å². The molecule has 112 valence electrons. The SMILES string of the molecule is CN1CCC(N(C)c2cc(CCl)nc3ccccc23)CC1. The maximum absolute atomic E-state index is 6.02. The van der Waals surface area contributed by atoms with E-state index in [1.165, 1.54) is 37.0 Å². The Morgan fingerprint density at radius 1 is 1.29 bits per heavy atom. The summed E-state index contributed by atoms with van der Waals surface area (Å²) in [5.41, 5.74) is 3.24. The smallest absolute Gasteiger partial charge is 0.0726 e. The molecule has 0 saturated carbocycles. The van der Waals surface area contributed by atoms with Gasteiger partial charge in [0.25, 0.3) is 0 Å². The van der Waals surface area contributed by atoms with Crippen molar-refractivity contribution in [3.8, 4) is 0 Å². The van der Waals surface area contributed by atoms with Crippen LogP contribution in [0.5, 0.6) is 0 Å². The number of likely N-dealkylation sites (tertiary alicyclic amines) is 1. The maximum atomic E-state index is 6.02. The van der Waals surface area contributed by atoms with Gasteiger partial charge < -0.3 is 9.80 Å². The Bertz CT molecular complexity index is 620. The number of piperidine rings is 1. The number of nitrogens with zero attached hydrogens (tertiary/aromatic N) is 3. The number of hydrogen-bond acceptors (Lipinski definition) is 3. The van der Waals surface area contributed by atoms with Gasteiger partial charge in [-0.2, -0.15) is 0 Å². The summed E-state index contributed by atoms with van der Waals surface area (Å²) in [7, 11) is 4.40. The molecule has 0 aliphatic carbocycles. The number of alkyl halides is 1. The molecule has 4 heteroatoms. The Hall–Kier alpha value is -1.32. The topological polar surface area (TPSA) is 19.4 Å². The van der Waals surface area contributed by atoms with E-state index in [9.17, 15) is 0 Å². The van der Waals surface area contributed by atoms with Gasteiger partial charge in [0.05, 0.1) is 17.1 Å². The van der Waals surface area contributed by atoms with E-state index in [0.29, 0.717) is 11.9 Å². The number of aromatic nitrogens is 1. The number of benzene rings is 1. The van der Waals surface area contributed by atoms with Gasteiger partial charge in [-0.1, -0.05) is 18.2 Å². The highest BCUT2D eigenvalue weighted by atomic mass is 35.5. The minimum Gasteiger partial charge on any atom is -0.371 e. The first-order valence-electron chi connectivity index (χ1n) is 7.55. The summed E-state index contributed by atoms with van der Waals surface area (Å²) in [5, 5.41) is 1.22. The zero-order valence-electron chi connectivity index (χ0n) is 12.7. The van der Waals surface area contributed by atoms with Crippen molar-refractivity contribution in [1.82, 2.24) is 9.88 Å². The fourth-order valence-corrected chi connectivity index (χ4v) is 3.29. The first-order valence-corrected chi connectivity index (χ1v) is 8.08. The summed E-state index contributed by atoms with van der Waals surface area (Å²) in [4.78, 5) is 9.45. The Morgan fingerprint density at radius 3 is 2.71 bits per heavy atom. The van der Waals surface area contributed by atoms with E-state index in [1.54, 1.807) is 0 Å². The van der Waals surface area contributed by atoms with Crippen LogP contribution in [0.15, 0.2) is 30.3 Å². The lowest BCUT2D eigenvalue weighted by Crippen LogP contribution is -2.42. The zero-order valence-corrected chi connectivity index (χ0v) is 13.5. The molecular formula is C17H22ClN3. The second kappa shape index (κ2) is 6.20. The van der Waals surface area contributed by atoms with Crippen molar-refractivity contribution in [1.29, 1.82) is 0 Å². The number of halogens is 1. The molecule has 3 nitrogen and oxygen atoms in total. The van der Waals surface area contributed by atoms with Gasteiger partial charge in [0.2, 0.25) is 0 Å². The average molecular weight is 304 g/mol. The van der Waals surface area contributed by atoms with Crippen LogP contribution in [-0.2, 0) is 5.88 Å². The molecule has 2 heterocycles. The van der Waals surface area contributed by atoms with Gasteiger partial charge in [0.15, 0.2) is 0 Å². The monoisotopic (exact) mass is 303 g/mol. The predicted octanol–water partition coefficient (Wildman–Crippen LogP) is 3.50. The van der Waals surface area contributed by atoms with Crippen LogP contribution in [0.25, 0.3) is 10.9 Å². The highest BCUT2D eigenvalue weighted by Crippen LogP contribution is 2.30. The van der Waals surface area contributed by atoms with Crippen molar-refractivity contribution in [2.45, 2.75) is 24.8 Å². The van der Waals surface area contributed by atoms with Crippen molar-refractivity contribution < 1.29 is 0 Å². The van der Waals surface area contributed by atoms with Crippen molar-refractivity contribution in [3.05, 3.63) is 36.0 Å². The van der Waals surface area contributed by atoms with Crippen LogP contribution in [0, 0.1) is 0 Å². The number of fused-ring (bicyclic) bond motifs is 1. The Labute approximate surface area is 131 Å². The first kappa shape index (κ1) is 14.6. The third kappa shape index (κ3) is 2.99. The third-order valence-corrected chi connectivity index (χ3v) is 4.77. The fraction of sp³-hybridized carbons (Fsp3) is 0.471. The average Bonchev–Trinajstić information content (AvgIpc) is 2.53. The molecule has 3 rings (SSSR count). The van der Waals surface area contributed by atoms with Crippen LogP contribution < -0.4 is 4.90 Å². The maximum Gasteiger partial charge on any atom is 0.0726 e. The summed E-state index contributed by atoms with van der Waals surface area (Å²) in [6.45, 7) is 2.33. The largest absolute Gasteiger partial charge is 0.371 e.